The molecule has 172 valence electrons. The van der Waals surface area contributed by atoms with E-state index in [4.69, 9.17) is 0 Å². The number of aryl methyl sites for hydroxylation is 1. The summed E-state index contributed by atoms with van der Waals surface area (Å²) in [6, 6.07) is 24.2. The molecule has 3 heterocycles. The predicted molar refractivity (Wildman–Crippen MR) is 137 cm³/mol. The number of piperidine rings is 1. The minimum atomic E-state index is 0.0228. The van der Waals surface area contributed by atoms with Crippen molar-refractivity contribution in [2.24, 2.45) is 5.92 Å². The van der Waals surface area contributed by atoms with Crippen molar-refractivity contribution in [3.05, 3.63) is 83.4 Å². The van der Waals surface area contributed by atoms with Crippen LogP contribution < -0.4 is 10.2 Å². The highest BCUT2D eigenvalue weighted by atomic mass is 32.1. The van der Waals surface area contributed by atoms with Crippen molar-refractivity contribution in [1.29, 1.82) is 0 Å². The maximum Gasteiger partial charge on any atom is 0.223 e. The van der Waals surface area contributed by atoms with Gasteiger partial charge in [0.2, 0.25) is 5.91 Å². The van der Waals surface area contributed by atoms with Gasteiger partial charge in [-0.05, 0) is 31.9 Å². The highest BCUT2D eigenvalue weighted by Crippen LogP contribution is 2.28. The zero-order chi connectivity index (χ0) is 23.3. The van der Waals surface area contributed by atoms with Crippen LogP contribution in [0.1, 0.15) is 23.4 Å². The van der Waals surface area contributed by atoms with Crippen LogP contribution in [-0.4, -0.2) is 34.2 Å². The molecule has 1 amide bonds. The number of carbonyl (C=O) groups excluding carboxylic acids is 1. The lowest BCUT2D eigenvalue weighted by Crippen LogP contribution is -2.40. The molecule has 0 unspecified atom stereocenters. The van der Waals surface area contributed by atoms with Crippen molar-refractivity contribution in [3.8, 4) is 21.8 Å². The molecule has 0 radical (unpaired) electrons. The lowest BCUT2D eigenvalue weighted by atomic mass is 9.96. The topological polar surface area (TPSA) is 71.0 Å². The predicted octanol–water partition coefficient (Wildman–Crippen LogP) is 5.11. The number of aromatic nitrogens is 3. The Kier molecular flexibility index (Phi) is 6.62. The minimum absolute atomic E-state index is 0.0228. The Bertz CT molecular complexity index is 1230. The third kappa shape index (κ3) is 4.99. The molecule has 1 aliphatic rings. The van der Waals surface area contributed by atoms with Crippen LogP contribution in [-0.2, 0) is 11.3 Å². The second kappa shape index (κ2) is 10.1. The Morgan fingerprint density at radius 2 is 1.62 bits per heavy atom. The Labute approximate surface area is 203 Å². The van der Waals surface area contributed by atoms with E-state index in [1.54, 1.807) is 11.3 Å². The van der Waals surface area contributed by atoms with E-state index in [0.717, 1.165) is 64.1 Å². The Hall–Kier alpha value is -3.58. The van der Waals surface area contributed by atoms with E-state index < -0.39 is 0 Å². The molecule has 6 nitrogen and oxygen atoms in total. The SMILES string of the molecule is Cc1nc(-c2ccccc2)sc1CNC(=O)C1CCN(c2ccc(-c3ccccc3)nn2)CC1. The number of nitrogens with one attached hydrogen (secondary N) is 1. The van der Waals surface area contributed by atoms with Gasteiger partial charge in [-0.15, -0.1) is 21.5 Å². The largest absolute Gasteiger partial charge is 0.355 e. The van der Waals surface area contributed by atoms with E-state index in [9.17, 15) is 4.79 Å². The van der Waals surface area contributed by atoms with E-state index in [0.29, 0.717) is 6.54 Å². The van der Waals surface area contributed by atoms with Crippen LogP contribution in [0.5, 0.6) is 0 Å². The molecule has 0 spiro atoms. The molecule has 2 aromatic carbocycles. The number of carbonyl (C=O) groups is 1. The fourth-order valence-electron chi connectivity index (χ4n) is 4.24. The summed E-state index contributed by atoms with van der Waals surface area (Å²) in [4.78, 5) is 20.8. The van der Waals surface area contributed by atoms with Crippen LogP contribution in [0.2, 0.25) is 0 Å². The first-order chi connectivity index (χ1) is 16.7. The summed E-state index contributed by atoms with van der Waals surface area (Å²) < 4.78 is 0. The maximum atomic E-state index is 12.8. The van der Waals surface area contributed by atoms with Crippen LogP contribution in [0.3, 0.4) is 0 Å². The molecule has 1 N–H and O–H groups in total. The molecule has 0 atom stereocenters. The van der Waals surface area contributed by atoms with Crippen molar-refractivity contribution in [2.75, 3.05) is 18.0 Å². The first-order valence-electron chi connectivity index (χ1n) is 11.6. The fraction of sp³-hybridized carbons (Fsp3) is 0.259. The lowest BCUT2D eigenvalue weighted by molar-refractivity contribution is -0.125. The van der Waals surface area contributed by atoms with E-state index in [2.05, 4.69) is 37.5 Å². The van der Waals surface area contributed by atoms with E-state index in [-0.39, 0.29) is 11.8 Å². The molecule has 34 heavy (non-hydrogen) atoms. The minimum Gasteiger partial charge on any atom is -0.355 e. The Balaban J connectivity index is 1.13. The summed E-state index contributed by atoms with van der Waals surface area (Å²) in [7, 11) is 0. The van der Waals surface area contributed by atoms with Crippen LogP contribution in [0.25, 0.3) is 21.8 Å². The zero-order valence-electron chi connectivity index (χ0n) is 19.1. The molecule has 4 aromatic rings. The molecule has 7 heteroatoms. The average molecular weight is 470 g/mol. The fourth-order valence-corrected chi connectivity index (χ4v) is 5.24. The van der Waals surface area contributed by atoms with Crippen molar-refractivity contribution in [1.82, 2.24) is 20.5 Å². The number of thiazole rings is 1. The number of anilines is 1. The Morgan fingerprint density at radius 1 is 0.941 bits per heavy atom. The molecule has 0 bridgehead atoms. The van der Waals surface area contributed by atoms with Crippen LogP contribution in [0, 0.1) is 12.8 Å². The van der Waals surface area contributed by atoms with Crippen LogP contribution >= 0.6 is 11.3 Å². The third-order valence-electron chi connectivity index (χ3n) is 6.25. The summed E-state index contributed by atoms with van der Waals surface area (Å²) in [5, 5.41) is 13.0. The second-order valence-corrected chi connectivity index (χ2v) is 9.60. The van der Waals surface area contributed by atoms with E-state index in [1.807, 2.05) is 67.6 Å². The van der Waals surface area contributed by atoms with Crippen molar-refractivity contribution in [2.45, 2.75) is 26.3 Å². The van der Waals surface area contributed by atoms with Gasteiger partial charge in [0.05, 0.1) is 17.9 Å². The number of hydrogen-bond donors (Lipinski definition) is 1. The normalized spacial score (nSPS) is 14.2. The van der Waals surface area contributed by atoms with E-state index in [1.165, 1.54) is 0 Å². The number of nitrogens with zero attached hydrogens (tertiary/aromatic N) is 4. The van der Waals surface area contributed by atoms with Gasteiger partial charge in [0.1, 0.15) is 5.01 Å². The van der Waals surface area contributed by atoms with Gasteiger partial charge in [-0.25, -0.2) is 4.98 Å². The van der Waals surface area contributed by atoms with Gasteiger partial charge in [0, 0.05) is 35.0 Å². The van der Waals surface area contributed by atoms with Gasteiger partial charge in [0.25, 0.3) is 0 Å². The van der Waals surface area contributed by atoms with Gasteiger partial charge in [-0.1, -0.05) is 60.7 Å². The molecule has 5 rings (SSSR count). The summed E-state index contributed by atoms with van der Waals surface area (Å²) in [6.07, 6.45) is 1.62. The number of hydrogen-bond acceptors (Lipinski definition) is 6. The number of rotatable bonds is 6. The highest BCUT2D eigenvalue weighted by Gasteiger charge is 2.26. The van der Waals surface area contributed by atoms with Gasteiger partial charge in [-0.3, -0.25) is 4.79 Å². The molecular weight excluding hydrogens is 442 g/mol. The zero-order valence-corrected chi connectivity index (χ0v) is 20.0. The molecule has 0 saturated carbocycles. The first-order valence-corrected chi connectivity index (χ1v) is 12.4. The standard InChI is InChI=1S/C27H27N5OS/c1-19-24(34-27(29-19)22-10-6-3-7-11-22)18-28-26(33)21-14-16-32(17-15-21)25-13-12-23(30-31-25)20-8-4-2-5-9-20/h2-13,21H,14-18H2,1H3,(H,28,33). The number of amides is 1. The van der Waals surface area contributed by atoms with Gasteiger partial charge in [0.15, 0.2) is 5.82 Å². The first kappa shape index (κ1) is 22.2. The quantitative estimate of drug-likeness (QED) is 0.425. The van der Waals surface area contributed by atoms with Gasteiger partial charge < -0.3 is 10.2 Å². The molecule has 0 aliphatic carbocycles. The molecular formula is C27H27N5OS. The third-order valence-corrected chi connectivity index (χ3v) is 7.45. The van der Waals surface area contributed by atoms with Gasteiger partial charge >= 0.3 is 0 Å². The molecule has 1 fully saturated rings. The average Bonchev–Trinajstić information content (AvgIpc) is 3.29. The summed E-state index contributed by atoms with van der Waals surface area (Å²) in [6.45, 7) is 4.14. The second-order valence-electron chi connectivity index (χ2n) is 8.52. The smallest absolute Gasteiger partial charge is 0.223 e. The summed E-state index contributed by atoms with van der Waals surface area (Å²) in [5.41, 5.74) is 4.02. The van der Waals surface area contributed by atoms with E-state index >= 15 is 0 Å². The maximum absolute atomic E-state index is 12.8. The number of benzene rings is 2. The summed E-state index contributed by atoms with van der Waals surface area (Å²) >= 11 is 1.65. The van der Waals surface area contributed by atoms with Gasteiger partial charge in [-0.2, -0.15) is 0 Å². The monoisotopic (exact) mass is 469 g/mol. The lowest BCUT2D eigenvalue weighted by Gasteiger charge is -2.31. The van der Waals surface area contributed by atoms with Crippen LogP contribution in [0.15, 0.2) is 72.8 Å². The van der Waals surface area contributed by atoms with Crippen LogP contribution in [0.4, 0.5) is 5.82 Å². The molecule has 2 aromatic heterocycles. The highest BCUT2D eigenvalue weighted by molar-refractivity contribution is 7.15. The molecule has 1 aliphatic heterocycles. The Morgan fingerprint density at radius 3 is 2.26 bits per heavy atom. The van der Waals surface area contributed by atoms with Crippen molar-refractivity contribution >= 4 is 23.1 Å². The van der Waals surface area contributed by atoms with Crippen molar-refractivity contribution in [3.63, 3.8) is 0 Å². The summed E-state index contributed by atoms with van der Waals surface area (Å²) in [5.74, 6) is 1.01. The van der Waals surface area contributed by atoms with Crippen molar-refractivity contribution < 1.29 is 4.79 Å². The molecule has 1 saturated heterocycles.